The zero-order chi connectivity index (χ0) is 30.3. The van der Waals surface area contributed by atoms with Gasteiger partial charge in [0.25, 0.3) is 0 Å². The SMILES string of the molecule is [2H]c1cc(CC(N)C(=O)NC(Cc2ccc(F)cc2)C(=O)OC([2H])([2H])C([2H])([2H])C)cc([2H])c1N(CCCl)CCCl. The second kappa shape index (κ2) is 14.8. The van der Waals surface area contributed by atoms with Crippen LogP contribution in [0.4, 0.5) is 10.1 Å². The minimum atomic E-state index is -3.00. The Hall–Kier alpha value is -2.35. The molecule has 0 heterocycles. The lowest BCUT2D eigenvalue weighted by Crippen LogP contribution is -2.50. The topological polar surface area (TPSA) is 84.7 Å². The molecular formula is C25H32Cl2FN3O3. The lowest BCUT2D eigenvalue weighted by Gasteiger charge is -2.23. The monoisotopic (exact) mass is 517 g/mol. The van der Waals surface area contributed by atoms with Gasteiger partial charge in [-0.3, -0.25) is 4.79 Å². The maximum absolute atomic E-state index is 13.4. The zero-order valence-electron chi connectivity index (χ0n) is 24.7. The summed E-state index contributed by atoms with van der Waals surface area (Å²) in [5, 5.41) is 2.41. The third-order valence-corrected chi connectivity index (χ3v) is 5.15. The maximum Gasteiger partial charge on any atom is 0.328 e. The van der Waals surface area contributed by atoms with Crippen molar-refractivity contribution in [1.82, 2.24) is 5.32 Å². The molecule has 0 bridgehead atoms. The molecule has 2 atom stereocenters. The fourth-order valence-electron chi connectivity index (χ4n) is 3.09. The van der Waals surface area contributed by atoms with Gasteiger partial charge in [0.1, 0.15) is 11.9 Å². The van der Waals surface area contributed by atoms with Crippen LogP contribution in [0.15, 0.2) is 48.5 Å². The molecule has 0 saturated heterocycles. The summed E-state index contributed by atoms with van der Waals surface area (Å²) in [7, 11) is 0. The molecule has 2 aromatic rings. The summed E-state index contributed by atoms with van der Waals surface area (Å²) < 4.78 is 65.6. The number of alkyl halides is 2. The molecule has 34 heavy (non-hydrogen) atoms. The van der Waals surface area contributed by atoms with Gasteiger partial charge in [0.05, 0.1) is 18.1 Å². The van der Waals surface area contributed by atoms with E-state index in [1.807, 2.05) is 0 Å². The molecule has 0 radical (unpaired) electrons. The summed E-state index contributed by atoms with van der Waals surface area (Å²) in [6, 6.07) is 5.34. The first-order valence-electron chi connectivity index (χ1n) is 13.6. The molecule has 3 N–H and O–H groups in total. The number of anilines is 1. The second-order valence-corrected chi connectivity index (χ2v) is 8.10. The van der Waals surface area contributed by atoms with Gasteiger partial charge in [0.2, 0.25) is 5.91 Å². The third kappa shape index (κ3) is 9.12. The first-order valence-corrected chi connectivity index (χ1v) is 11.7. The van der Waals surface area contributed by atoms with Gasteiger partial charge in [-0.1, -0.05) is 31.2 Å². The number of hydrogen-bond donors (Lipinski definition) is 2. The summed E-state index contributed by atoms with van der Waals surface area (Å²) in [5.41, 5.74) is 7.27. The van der Waals surface area contributed by atoms with Gasteiger partial charge < -0.3 is 20.7 Å². The number of halogens is 3. The van der Waals surface area contributed by atoms with Crippen LogP contribution in [0.1, 0.15) is 32.6 Å². The Balaban J connectivity index is 2.23. The highest BCUT2D eigenvalue weighted by molar-refractivity contribution is 6.18. The van der Waals surface area contributed by atoms with E-state index in [0.29, 0.717) is 29.9 Å². The number of rotatable bonds is 14. The number of hydrogen-bond acceptors (Lipinski definition) is 5. The smallest absolute Gasteiger partial charge is 0.328 e. The van der Waals surface area contributed by atoms with Gasteiger partial charge in [-0.25, -0.2) is 9.18 Å². The number of carbonyl (C=O) groups is 2. The summed E-state index contributed by atoms with van der Waals surface area (Å²) >= 11 is 11.7. The maximum atomic E-state index is 13.4. The van der Waals surface area contributed by atoms with Crippen LogP contribution < -0.4 is 16.0 Å². The van der Waals surface area contributed by atoms with Crippen LogP contribution in [0.25, 0.3) is 0 Å². The van der Waals surface area contributed by atoms with Crippen molar-refractivity contribution in [3.63, 3.8) is 0 Å². The van der Waals surface area contributed by atoms with Gasteiger partial charge in [-0.15, -0.1) is 23.2 Å². The van der Waals surface area contributed by atoms with Crippen molar-refractivity contribution in [2.75, 3.05) is 36.3 Å². The Labute approximate surface area is 219 Å². The molecule has 2 rings (SSSR count). The van der Waals surface area contributed by atoms with Crippen LogP contribution in [-0.2, 0) is 27.2 Å². The van der Waals surface area contributed by atoms with E-state index in [-0.39, 0.29) is 36.7 Å². The van der Waals surface area contributed by atoms with Crippen LogP contribution in [0.5, 0.6) is 0 Å². The average molecular weight is 518 g/mol. The Bertz CT molecular complexity index is 1140. The van der Waals surface area contributed by atoms with Crippen molar-refractivity contribution in [2.24, 2.45) is 5.73 Å². The van der Waals surface area contributed by atoms with Crippen molar-refractivity contribution in [3.05, 3.63) is 65.4 Å². The number of amides is 1. The van der Waals surface area contributed by atoms with Crippen molar-refractivity contribution in [3.8, 4) is 0 Å². The molecule has 0 spiro atoms. The predicted molar refractivity (Wildman–Crippen MR) is 135 cm³/mol. The highest BCUT2D eigenvalue weighted by Crippen LogP contribution is 2.17. The molecule has 0 fully saturated rings. The van der Waals surface area contributed by atoms with Gasteiger partial charge in [0, 0.05) is 39.7 Å². The summed E-state index contributed by atoms with van der Waals surface area (Å²) in [5.74, 6) is -2.03. The van der Waals surface area contributed by atoms with Crippen LogP contribution in [0.2, 0.25) is 0 Å². The molecule has 0 aliphatic heterocycles. The lowest BCUT2D eigenvalue weighted by molar-refractivity contribution is -0.148. The van der Waals surface area contributed by atoms with Gasteiger partial charge in [0.15, 0.2) is 0 Å². The van der Waals surface area contributed by atoms with E-state index >= 15 is 0 Å². The van der Waals surface area contributed by atoms with E-state index in [2.05, 4.69) is 5.32 Å². The number of ether oxygens (including phenoxy) is 1. The largest absolute Gasteiger partial charge is 0.464 e. The summed E-state index contributed by atoms with van der Waals surface area (Å²) in [4.78, 5) is 27.6. The standard InChI is InChI=1S/C25H32Cl2FN3O3/c1-2-15-34-25(33)23(17-19-3-7-20(28)8-4-19)30-24(32)22(29)16-18-5-9-21(10-6-18)31(13-11-26)14-12-27/h3-10,22-23H,2,11-17,29H2,1H3,(H,30,32)/i2D2,9D,10D,15D2. The van der Waals surface area contributed by atoms with Crippen LogP contribution in [0.3, 0.4) is 0 Å². The van der Waals surface area contributed by atoms with Crippen molar-refractivity contribution >= 4 is 40.8 Å². The first kappa shape index (κ1) is 19.9. The van der Waals surface area contributed by atoms with Crippen LogP contribution in [-0.4, -0.2) is 55.4 Å². The third-order valence-electron chi connectivity index (χ3n) is 4.81. The number of carbonyl (C=O) groups excluding carboxylic acids is 2. The van der Waals surface area contributed by atoms with Gasteiger partial charge >= 0.3 is 5.97 Å². The van der Waals surface area contributed by atoms with E-state index in [0.717, 1.165) is 19.1 Å². The van der Waals surface area contributed by atoms with E-state index < -0.39 is 42.7 Å². The Morgan fingerprint density at radius 2 is 1.71 bits per heavy atom. The Morgan fingerprint density at radius 1 is 1.12 bits per heavy atom. The van der Waals surface area contributed by atoms with Crippen molar-refractivity contribution in [1.29, 1.82) is 0 Å². The lowest BCUT2D eigenvalue weighted by atomic mass is 10.0. The number of nitrogens with one attached hydrogen (secondary N) is 1. The van der Waals surface area contributed by atoms with E-state index in [9.17, 15) is 14.0 Å². The van der Waals surface area contributed by atoms with E-state index in [1.54, 1.807) is 4.90 Å². The fraction of sp³-hybridized carbons (Fsp3) is 0.440. The average Bonchev–Trinajstić information content (AvgIpc) is 2.83. The number of nitrogens with two attached hydrogens (primary N) is 1. The fourth-order valence-corrected chi connectivity index (χ4v) is 3.50. The molecule has 2 unspecified atom stereocenters. The molecule has 0 saturated carbocycles. The molecule has 6 nitrogen and oxygen atoms in total. The normalized spacial score (nSPS) is 16.0. The van der Waals surface area contributed by atoms with E-state index in [1.165, 1.54) is 24.3 Å². The second-order valence-electron chi connectivity index (χ2n) is 7.34. The zero-order valence-corrected chi connectivity index (χ0v) is 20.3. The minimum Gasteiger partial charge on any atom is -0.464 e. The highest BCUT2D eigenvalue weighted by Gasteiger charge is 2.25. The first-order chi connectivity index (χ1) is 18.6. The molecule has 0 aromatic heterocycles. The van der Waals surface area contributed by atoms with Gasteiger partial charge in [-0.05, 0) is 48.1 Å². The molecule has 0 aliphatic carbocycles. The summed E-state index contributed by atoms with van der Waals surface area (Å²) in [6.45, 7) is -1.33. The molecule has 9 heteroatoms. The number of nitrogens with zero attached hydrogens (tertiary/aromatic N) is 1. The van der Waals surface area contributed by atoms with Crippen LogP contribution in [0, 0.1) is 5.82 Å². The van der Waals surface area contributed by atoms with Gasteiger partial charge in [-0.2, -0.15) is 0 Å². The molecule has 0 aliphatic rings. The Morgan fingerprint density at radius 3 is 2.26 bits per heavy atom. The molecule has 2 aromatic carbocycles. The van der Waals surface area contributed by atoms with Crippen molar-refractivity contribution in [2.45, 2.75) is 38.2 Å². The molecule has 1 amide bonds. The Kier molecular flexibility index (Phi) is 8.67. The minimum absolute atomic E-state index is 0.0270. The number of benzene rings is 2. The summed E-state index contributed by atoms with van der Waals surface area (Å²) in [6.07, 6.45) is -2.84. The highest BCUT2D eigenvalue weighted by atomic mass is 35.5. The molecular weight excluding hydrogens is 480 g/mol. The predicted octanol–water partition coefficient (Wildman–Crippen LogP) is 3.66. The van der Waals surface area contributed by atoms with Crippen LogP contribution >= 0.6 is 23.2 Å². The quantitative estimate of drug-likeness (QED) is 0.295. The van der Waals surface area contributed by atoms with E-state index in [4.69, 9.17) is 41.9 Å². The van der Waals surface area contributed by atoms with Crippen molar-refractivity contribution < 1.29 is 26.9 Å². The number of esters is 1. The molecule has 186 valence electrons.